The Kier molecular flexibility index (Phi) is 3.54. The van der Waals surface area contributed by atoms with Crippen molar-refractivity contribution in [2.45, 2.75) is 36.8 Å². The molecular formula is C13H19NO2S. The highest BCUT2D eigenvalue weighted by Gasteiger charge is 2.29. The van der Waals surface area contributed by atoms with Crippen molar-refractivity contribution in [1.29, 1.82) is 0 Å². The summed E-state index contributed by atoms with van der Waals surface area (Å²) in [6.45, 7) is 5.30. The van der Waals surface area contributed by atoms with Crippen LogP contribution in [0, 0.1) is 13.8 Å². The maximum Gasteiger partial charge on any atom is 0.182 e. The Morgan fingerprint density at radius 1 is 1.29 bits per heavy atom. The van der Waals surface area contributed by atoms with Gasteiger partial charge in [-0.1, -0.05) is 12.1 Å². The highest BCUT2D eigenvalue weighted by atomic mass is 32.2. The van der Waals surface area contributed by atoms with Gasteiger partial charge in [-0.05, 0) is 50.4 Å². The van der Waals surface area contributed by atoms with Gasteiger partial charge in [0.15, 0.2) is 9.84 Å². The number of rotatable bonds is 2. The summed E-state index contributed by atoms with van der Waals surface area (Å²) in [5.41, 5.74) is 1.85. The molecule has 1 saturated heterocycles. The zero-order chi connectivity index (χ0) is 12.5. The summed E-state index contributed by atoms with van der Waals surface area (Å²) in [6, 6.07) is 5.63. The van der Waals surface area contributed by atoms with E-state index in [1.807, 2.05) is 26.0 Å². The average Bonchev–Trinajstić information content (AvgIpc) is 2.33. The van der Waals surface area contributed by atoms with Crippen LogP contribution in [-0.2, 0) is 9.84 Å². The molecule has 4 heteroatoms. The molecule has 1 aromatic carbocycles. The summed E-state index contributed by atoms with van der Waals surface area (Å²) < 4.78 is 25.0. The van der Waals surface area contributed by atoms with Crippen LogP contribution >= 0.6 is 0 Å². The van der Waals surface area contributed by atoms with Gasteiger partial charge in [0.1, 0.15) is 0 Å². The molecule has 0 spiro atoms. The third-order valence-electron chi connectivity index (χ3n) is 3.34. The van der Waals surface area contributed by atoms with Gasteiger partial charge in [0, 0.05) is 6.54 Å². The predicted octanol–water partition coefficient (Wildman–Crippen LogP) is 1.83. The molecule has 1 unspecified atom stereocenters. The van der Waals surface area contributed by atoms with Crippen LogP contribution in [0.2, 0.25) is 0 Å². The second-order valence-corrected chi connectivity index (χ2v) is 6.98. The summed E-state index contributed by atoms with van der Waals surface area (Å²) in [4.78, 5) is 0.506. The van der Waals surface area contributed by atoms with E-state index in [-0.39, 0.29) is 5.25 Å². The summed E-state index contributed by atoms with van der Waals surface area (Å²) >= 11 is 0. The Balaban J connectivity index is 2.40. The third-order valence-corrected chi connectivity index (χ3v) is 5.67. The summed E-state index contributed by atoms with van der Waals surface area (Å²) in [7, 11) is -3.18. The molecule has 0 saturated carbocycles. The van der Waals surface area contributed by atoms with Crippen LogP contribution in [0.15, 0.2) is 23.1 Å². The van der Waals surface area contributed by atoms with Gasteiger partial charge in [-0.3, -0.25) is 0 Å². The monoisotopic (exact) mass is 253 g/mol. The van der Waals surface area contributed by atoms with Crippen LogP contribution < -0.4 is 5.32 Å². The van der Waals surface area contributed by atoms with Crippen LogP contribution in [0.3, 0.4) is 0 Å². The lowest BCUT2D eigenvalue weighted by molar-refractivity contribution is 0.496. The number of hydrogen-bond acceptors (Lipinski definition) is 3. The molecule has 1 N–H and O–H groups in total. The van der Waals surface area contributed by atoms with E-state index in [0.717, 1.165) is 30.5 Å². The first-order valence-electron chi connectivity index (χ1n) is 6.03. The third kappa shape index (κ3) is 2.53. The lowest BCUT2D eigenvalue weighted by Crippen LogP contribution is -2.39. The Hall–Kier alpha value is -0.870. The molecule has 1 heterocycles. The Bertz CT molecular complexity index is 502. The van der Waals surface area contributed by atoms with E-state index in [1.54, 1.807) is 6.07 Å². The first kappa shape index (κ1) is 12.6. The second kappa shape index (κ2) is 4.78. The first-order chi connectivity index (χ1) is 8.01. The smallest absolute Gasteiger partial charge is 0.182 e. The molecular weight excluding hydrogens is 234 g/mol. The fraction of sp³-hybridized carbons (Fsp3) is 0.538. The molecule has 94 valence electrons. The molecule has 1 fully saturated rings. The molecule has 0 amide bonds. The number of aryl methyl sites for hydroxylation is 2. The van der Waals surface area contributed by atoms with Crippen molar-refractivity contribution < 1.29 is 8.42 Å². The van der Waals surface area contributed by atoms with E-state index < -0.39 is 9.84 Å². The lowest BCUT2D eigenvalue weighted by atomic mass is 10.2. The number of nitrogens with one attached hydrogen (secondary N) is 1. The van der Waals surface area contributed by atoms with Gasteiger partial charge in [-0.15, -0.1) is 0 Å². The van der Waals surface area contributed by atoms with Gasteiger partial charge in [0.25, 0.3) is 0 Å². The summed E-state index contributed by atoms with van der Waals surface area (Å²) in [6.07, 6.45) is 1.71. The molecule has 2 rings (SSSR count). The zero-order valence-corrected chi connectivity index (χ0v) is 11.2. The molecule has 0 aliphatic carbocycles. The fourth-order valence-corrected chi connectivity index (χ4v) is 4.32. The Morgan fingerprint density at radius 2 is 2.06 bits per heavy atom. The van der Waals surface area contributed by atoms with Gasteiger partial charge < -0.3 is 5.32 Å². The van der Waals surface area contributed by atoms with Crippen LogP contribution in [0.1, 0.15) is 24.0 Å². The Labute approximate surface area is 103 Å². The van der Waals surface area contributed by atoms with Crippen molar-refractivity contribution in [2.24, 2.45) is 0 Å². The van der Waals surface area contributed by atoms with Crippen molar-refractivity contribution in [3.05, 3.63) is 29.3 Å². The van der Waals surface area contributed by atoms with Gasteiger partial charge in [0.2, 0.25) is 0 Å². The number of hydrogen-bond donors (Lipinski definition) is 1. The minimum absolute atomic E-state index is 0.267. The molecule has 0 radical (unpaired) electrons. The van der Waals surface area contributed by atoms with E-state index in [2.05, 4.69) is 5.32 Å². The molecule has 0 bridgehead atoms. The highest BCUT2D eigenvalue weighted by molar-refractivity contribution is 7.92. The van der Waals surface area contributed by atoms with Crippen LogP contribution in [0.25, 0.3) is 0 Å². The summed E-state index contributed by atoms with van der Waals surface area (Å²) in [5.74, 6) is 0. The molecule has 3 nitrogen and oxygen atoms in total. The van der Waals surface area contributed by atoms with Gasteiger partial charge in [-0.2, -0.15) is 0 Å². The van der Waals surface area contributed by atoms with Crippen LogP contribution in [0.5, 0.6) is 0 Å². The Morgan fingerprint density at radius 3 is 2.71 bits per heavy atom. The minimum atomic E-state index is -3.18. The van der Waals surface area contributed by atoms with Crippen molar-refractivity contribution in [1.82, 2.24) is 5.32 Å². The van der Waals surface area contributed by atoms with E-state index in [0.29, 0.717) is 11.4 Å². The van der Waals surface area contributed by atoms with Crippen LogP contribution in [0.4, 0.5) is 0 Å². The van der Waals surface area contributed by atoms with Gasteiger partial charge >= 0.3 is 0 Å². The van der Waals surface area contributed by atoms with E-state index in [9.17, 15) is 8.42 Å². The van der Waals surface area contributed by atoms with E-state index in [4.69, 9.17) is 0 Å². The lowest BCUT2D eigenvalue weighted by Gasteiger charge is -2.23. The van der Waals surface area contributed by atoms with Crippen molar-refractivity contribution in [3.63, 3.8) is 0 Å². The average molecular weight is 253 g/mol. The van der Waals surface area contributed by atoms with Crippen molar-refractivity contribution in [2.75, 3.05) is 13.1 Å². The standard InChI is InChI=1S/C13H19NO2S/c1-10-5-6-11(2)13(8-10)17(15,16)12-4-3-7-14-9-12/h5-6,8,12,14H,3-4,7,9H2,1-2H3. The van der Waals surface area contributed by atoms with Gasteiger partial charge in [-0.25, -0.2) is 8.42 Å². The van der Waals surface area contributed by atoms with Gasteiger partial charge in [0.05, 0.1) is 10.1 Å². The van der Waals surface area contributed by atoms with Crippen LogP contribution in [-0.4, -0.2) is 26.8 Å². The SMILES string of the molecule is Cc1ccc(C)c(S(=O)(=O)C2CCCNC2)c1. The van der Waals surface area contributed by atoms with Crippen molar-refractivity contribution >= 4 is 9.84 Å². The fourth-order valence-electron chi connectivity index (χ4n) is 2.28. The summed E-state index contributed by atoms with van der Waals surface area (Å²) in [5, 5.41) is 2.90. The molecule has 1 aromatic rings. The number of sulfone groups is 1. The molecule has 1 atom stereocenters. The topological polar surface area (TPSA) is 46.2 Å². The highest BCUT2D eigenvalue weighted by Crippen LogP contribution is 2.24. The maximum atomic E-state index is 12.5. The van der Waals surface area contributed by atoms with E-state index >= 15 is 0 Å². The normalized spacial score (nSPS) is 21.4. The quantitative estimate of drug-likeness (QED) is 0.874. The van der Waals surface area contributed by atoms with E-state index in [1.165, 1.54) is 0 Å². The van der Waals surface area contributed by atoms with Crippen molar-refractivity contribution in [3.8, 4) is 0 Å². The second-order valence-electron chi connectivity index (χ2n) is 4.78. The molecule has 1 aliphatic heterocycles. The first-order valence-corrected chi connectivity index (χ1v) is 7.58. The maximum absolute atomic E-state index is 12.5. The molecule has 1 aliphatic rings. The molecule has 0 aromatic heterocycles. The number of benzene rings is 1. The minimum Gasteiger partial charge on any atom is -0.315 e. The predicted molar refractivity (Wildman–Crippen MR) is 69.0 cm³/mol. The number of piperidine rings is 1. The molecule has 17 heavy (non-hydrogen) atoms. The zero-order valence-electron chi connectivity index (χ0n) is 10.4. The largest absolute Gasteiger partial charge is 0.315 e.